The zero-order chi connectivity index (χ0) is 9.84. The highest BCUT2D eigenvalue weighted by Crippen LogP contribution is 2.14. The average molecular weight is 219 g/mol. The van der Waals surface area contributed by atoms with E-state index in [1.165, 1.54) is 0 Å². The van der Waals surface area contributed by atoms with Crippen LogP contribution in [-0.2, 0) is 6.42 Å². The normalized spacial score (nSPS) is 15.4. The summed E-state index contributed by atoms with van der Waals surface area (Å²) in [5.41, 5.74) is 1.09. The van der Waals surface area contributed by atoms with E-state index in [1.54, 1.807) is 6.92 Å². The number of aliphatic hydroxyl groups is 1. The van der Waals surface area contributed by atoms with E-state index in [-0.39, 0.29) is 5.38 Å². The first-order chi connectivity index (χ1) is 6.09. The van der Waals surface area contributed by atoms with Crippen LogP contribution in [0.5, 0.6) is 0 Å². The summed E-state index contributed by atoms with van der Waals surface area (Å²) in [5, 5.41) is 9.66. The summed E-state index contributed by atoms with van der Waals surface area (Å²) in [6.07, 6.45) is 0.175. The quantitative estimate of drug-likeness (QED) is 0.775. The molecule has 1 aromatic carbocycles. The van der Waals surface area contributed by atoms with Gasteiger partial charge in [0.25, 0.3) is 0 Å². The molecule has 2 atom stereocenters. The zero-order valence-electron chi connectivity index (χ0n) is 7.37. The van der Waals surface area contributed by atoms with Crippen molar-refractivity contribution >= 4 is 23.2 Å². The molecule has 0 aliphatic carbocycles. The van der Waals surface area contributed by atoms with Crippen LogP contribution in [0.15, 0.2) is 24.3 Å². The van der Waals surface area contributed by atoms with Crippen LogP contribution in [0.2, 0.25) is 5.02 Å². The van der Waals surface area contributed by atoms with Crippen molar-refractivity contribution in [1.29, 1.82) is 0 Å². The van der Waals surface area contributed by atoms with Gasteiger partial charge in [0.1, 0.15) is 0 Å². The summed E-state index contributed by atoms with van der Waals surface area (Å²) >= 11 is 11.6. The van der Waals surface area contributed by atoms with E-state index < -0.39 is 6.10 Å². The molecule has 0 aliphatic rings. The van der Waals surface area contributed by atoms with E-state index in [1.807, 2.05) is 24.3 Å². The van der Waals surface area contributed by atoms with Gasteiger partial charge in [0, 0.05) is 5.02 Å². The topological polar surface area (TPSA) is 20.2 Å². The summed E-state index contributed by atoms with van der Waals surface area (Å²) in [7, 11) is 0. The molecule has 0 spiro atoms. The average Bonchev–Trinajstić information content (AvgIpc) is 2.08. The molecule has 0 aliphatic heterocycles. The fourth-order valence-corrected chi connectivity index (χ4v) is 1.32. The molecule has 0 radical (unpaired) electrons. The second-order valence-electron chi connectivity index (χ2n) is 3.09. The first kappa shape index (κ1) is 10.8. The molecular weight excluding hydrogens is 207 g/mol. The van der Waals surface area contributed by atoms with Crippen LogP contribution >= 0.6 is 23.2 Å². The van der Waals surface area contributed by atoms with Crippen LogP contribution in [0.25, 0.3) is 0 Å². The SMILES string of the molecule is C[C@H](O)[C@@H](Cl)Cc1ccc(Cl)cc1. The Morgan fingerprint density at radius 2 is 1.85 bits per heavy atom. The van der Waals surface area contributed by atoms with Gasteiger partial charge < -0.3 is 5.11 Å². The highest BCUT2D eigenvalue weighted by Gasteiger charge is 2.11. The molecule has 0 fully saturated rings. The van der Waals surface area contributed by atoms with Crippen LogP contribution in [0.4, 0.5) is 0 Å². The first-order valence-electron chi connectivity index (χ1n) is 4.16. The minimum atomic E-state index is -0.489. The molecule has 0 amide bonds. The summed E-state index contributed by atoms with van der Waals surface area (Å²) in [6, 6.07) is 7.48. The van der Waals surface area contributed by atoms with Crippen molar-refractivity contribution < 1.29 is 5.11 Å². The van der Waals surface area contributed by atoms with Crippen LogP contribution in [0.1, 0.15) is 12.5 Å². The summed E-state index contributed by atoms with van der Waals surface area (Å²) in [6.45, 7) is 1.69. The first-order valence-corrected chi connectivity index (χ1v) is 4.97. The fourth-order valence-electron chi connectivity index (χ4n) is 1.02. The van der Waals surface area contributed by atoms with Gasteiger partial charge in [-0.15, -0.1) is 11.6 Å². The summed E-state index contributed by atoms with van der Waals surface area (Å²) < 4.78 is 0. The smallest absolute Gasteiger partial charge is 0.0678 e. The van der Waals surface area contributed by atoms with Gasteiger partial charge in [-0.3, -0.25) is 0 Å². The lowest BCUT2D eigenvalue weighted by molar-refractivity contribution is 0.188. The van der Waals surface area contributed by atoms with Crippen molar-refractivity contribution in [2.45, 2.75) is 24.8 Å². The number of hydrogen-bond acceptors (Lipinski definition) is 1. The maximum atomic E-state index is 9.18. The molecule has 72 valence electrons. The second-order valence-corrected chi connectivity index (χ2v) is 4.08. The molecule has 13 heavy (non-hydrogen) atoms. The van der Waals surface area contributed by atoms with Crippen molar-refractivity contribution in [3.05, 3.63) is 34.9 Å². The van der Waals surface area contributed by atoms with Crippen LogP contribution in [-0.4, -0.2) is 16.6 Å². The highest BCUT2D eigenvalue weighted by molar-refractivity contribution is 6.30. The van der Waals surface area contributed by atoms with Crippen molar-refractivity contribution in [2.75, 3.05) is 0 Å². The Labute approximate surface area is 88.3 Å². The van der Waals surface area contributed by atoms with E-state index in [9.17, 15) is 5.11 Å². The van der Waals surface area contributed by atoms with E-state index >= 15 is 0 Å². The molecular formula is C10H12Cl2O. The van der Waals surface area contributed by atoms with Gasteiger partial charge >= 0.3 is 0 Å². The maximum absolute atomic E-state index is 9.18. The van der Waals surface area contributed by atoms with Crippen LogP contribution in [0.3, 0.4) is 0 Å². The highest BCUT2D eigenvalue weighted by atomic mass is 35.5. The third-order valence-corrected chi connectivity index (χ3v) is 2.64. The number of rotatable bonds is 3. The predicted octanol–water partition coefficient (Wildman–Crippen LogP) is 2.87. The number of hydrogen-bond donors (Lipinski definition) is 1. The standard InChI is InChI=1S/C10H12Cl2O/c1-7(13)10(12)6-8-2-4-9(11)5-3-8/h2-5,7,10,13H,6H2,1H3/t7-,10-/m0/s1. The minimum Gasteiger partial charge on any atom is -0.392 e. The van der Waals surface area contributed by atoms with Gasteiger partial charge in [-0.05, 0) is 31.0 Å². The zero-order valence-corrected chi connectivity index (χ0v) is 8.89. The summed E-state index contributed by atoms with van der Waals surface area (Å²) in [5.74, 6) is 0. The van der Waals surface area contributed by atoms with Gasteiger partial charge in [-0.25, -0.2) is 0 Å². The van der Waals surface area contributed by atoms with Gasteiger partial charge in [0.2, 0.25) is 0 Å². The molecule has 3 heteroatoms. The number of benzene rings is 1. The van der Waals surface area contributed by atoms with E-state index in [0.717, 1.165) is 5.56 Å². The van der Waals surface area contributed by atoms with Gasteiger partial charge in [-0.1, -0.05) is 23.7 Å². The largest absolute Gasteiger partial charge is 0.392 e. The van der Waals surface area contributed by atoms with Crippen molar-refractivity contribution in [3.8, 4) is 0 Å². The molecule has 0 saturated heterocycles. The second kappa shape index (κ2) is 4.85. The lowest BCUT2D eigenvalue weighted by atomic mass is 10.1. The van der Waals surface area contributed by atoms with Crippen molar-refractivity contribution in [2.24, 2.45) is 0 Å². The molecule has 1 aromatic rings. The Morgan fingerprint density at radius 1 is 1.31 bits per heavy atom. The molecule has 1 rings (SSSR count). The lowest BCUT2D eigenvalue weighted by Gasteiger charge is -2.11. The van der Waals surface area contributed by atoms with Crippen LogP contribution < -0.4 is 0 Å². The molecule has 0 saturated carbocycles. The maximum Gasteiger partial charge on any atom is 0.0678 e. The number of alkyl halides is 1. The Balaban J connectivity index is 2.59. The molecule has 0 heterocycles. The molecule has 1 N–H and O–H groups in total. The Morgan fingerprint density at radius 3 is 2.31 bits per heavy atom. The Kier molecular flexibility index (Phi) is 4.04. The van der Waals surface area contributed by atoms with E-state index in [0.29, 0.717) is 11.4 Å². The molecule has 0 unspecified atom stereocenters. The number of halogens is 2. The van der Waals surface area contributed by atoms with Crippen molar-refractivity contribution in [1.82, 2.24) is 0 Å². The van der Waals surface area contributed by atoms with E-state index in [4.69, 9.17) is 23.2 Å². The van der Waals surface area contributed by atoms with Crippen LogP contribution in [0, 0.1) is 0 Å². The Hall–Kier alpha value is -0.240. The van der Waals surface area contributed by atoms with Crippen molar-refractivity contribution in [3.63, 3.8) is 0 Å². The minimum absolute atomic E-state index is 0.235. The lowest BCUT2D eigenvalue weighted by Crippen LogP contribution is -2.18. The van der Waals surface area contributed by atoms with E-state index in [2.05, 4.69) is 0 Å². The monoisotopic (exact) mass is 218 g/mol. The van der Waals surface area contributed by atoms with Gasteiger partial charge in [0.15, 0.2) is 0 Å². The predicted molar refractivity (Wildman–Crippen MR) is 56.5 cm³/mol. The Bertz CT molecular complexity index is 256. The molecule has 1 nitrogen and oxygen atoms in total. The van der Waals surface area contributed by atoms with Gasteiger partial charge in [-0.2, -0.15) is 0 Å². The molecule has 0 bridgehead atoms. The fraction of sp³-hybridized carbons (Fsp3) is 0.400. The third kappa shape index (κ3) is 3.55. The van der Waals surface area contributed by atoms with Gasteiger partial charge in [0.05, 0.1) is 11.5 Å². The third-order valence-electron chi connectivity index (χ3n) is 1.87. The summed E-state index contributed by atoms with van der Waals surface area (Å²) in [4.78, 5) is 0. The number of aliphatic hydroxyl groups excluding tert-OH is 1. The molecule has 0 aromatic heterocycles.